The second kappa shape index (κ2) is 20.2. The van der Waals surface area contributed by atoms with Crippen LogP contribution in [0.15, 0.2) is 0 Å². The van der Waals surface area contributed by atoms with Gasteiger partial charge in [-0.25, -0.2) is 0 Å². The third kappa shape index (κ3) is 300. The van der Waals surface area contributed by atoms with Crippen molar-refractivity contribution < 1.29 is 130 Å². The summed E-state index contributed by atoms with van der Waals surface area (Å²) in [5, 5.41) is 0. The minimum Gasteiger partial charge on any atom is 2.00 e. The van der Waals surface area contributed by atoms with E-state index in [-0.39, 0.29) is 121 Å². The molecule has 0 unspecified atom stereocenters. The molecule has 0 aliphatic carbocycles. The molecule has 0 aromatic heterocycles. The van der Waals surface area contributed by atoms with E-state index < -0.39 is 24.0 Å². The largest absolute Gasteiger partial charge is 2.00 e. The molecule has 0 aliphatic rings. The van der Waals surface area contributed by atoms with Gasteiger partial charge in [-0.1, -0.05) is 0 Å². The average Bonchev–Trinajstić information content (AvgIpc) is 1.12. The molecule has 0 aromatic rings. The van der Waals surface area contributed by atoms with Gasteiger partial charge in [0.05, 0.1) is 0 Å². The van der Waals surface area contributed by atoms with Crippen molar-refractivity contribution in [2.45, 2.75) is 0 Å². The van der Waals surface area contributed by atoms with E-state index in [1.54, 1.807) is 0 Å². The molecule has 15 heteroatoms. The minimum absolute atomic E-state index is 0. The third-order valence-corrected chi connectivity index (χ3v) is 0. The van der Waals surface area contributed by atoms with Crippen LogP contribution in [-0.4, -0.2) is 55.3 Å². The van der Waals surface area contributed by atoms with E-state index in [1.165, 1.54) is 0 Å². The van der Waals surface area contributed by atoms with Crippen molar-refractivity contribution in [1.82, 2.24) is 0 Å². The number of rotatable bonds is 0. The summed E-state index contributed by atoms with van der Waals surface area (Å²) in [5.74, 6) is 0. The molecule has 0 amide bonds. The van der Waals surface area contributed by atoms with Crippen LogP contribution in [0.4, 0.5) is 0 Å². The van der Waals surface area contributed by atoms with Gasteiger partial charge in [0.1, 0.15) is 0 Å². The maximum absolute atomic E-state index is 8.59. The van der Waals surface area contributed by atoms with Gasteiger partial charge >= 0.3 is 151 Å². The van der Waals surface area contributed by atoms with E-state index in [9.17, 15) is 0 Å². The summed E-state index contributed by atoms with van der Waals surface area (Å²) in [5.41, 5.74) is 0. The molecular formula is CaCdCrCuO8SZn2+6. The first-order valence-corrected chi connectivity index (χ1v) is 4.75. The van der Waals surface area contributed by atoms with Crippen LogP contribution in [0.2, 0.25) is 0 Å². The van der Waals surface area contributed by atoms with Gasteiger partial charge in [0.25, 0.3) is 0 Å². The summed E-state index contributed by atoms with van der Waals surface area (Å²) < 4.78 is 68.5. The molecule has 0 atom stereocenters. The Morgan fingerprint density at radius 2 is 0.933 bits per heavy atom. The molecule has 8 nitrogen and oxygen atoms in total. The smallest absolute Gasteiger partial charge is 2.00 e. The zero-order valence-electron chi connectivity index (χ0n) is 7.21. The standard InChI is InChI=1S/Ca.Cd.Cr.Cu.H2O4S.4O.2Zn/c;;;;1-5(2,3)4;;;;;;/h;;;;(H2,1,2,3,4);;;;;;/q2*+2;;+2;;;;2*-1;2*+2/p-2. The SMILES string of the molecule is O=S(=O)([O-])[O-].[Ca+2].[Cd+2].[Cu+2].[O]=[Cr](=[O])([O-])[O-].[Zn+2].[Zn+2]. The molecule has 0 rings (SSSR count). The summed E-state index contributed by atoms with van der Waals surface area (Å²) in [6.45, 7) is 0. The fraction of sp³-hybridized carbons (Fsp3) is 0. The van der Waals surface area contributed by atoms with E-state index in [0.29, 0.717) is 0 Å². The van der Waals surface area contributed by atoms with E-state index in [2.05, 4.69) is 0 Å². The van der Waals surface area contributed by atoms with Gasteiger partial charge in [0.2, 0.25) is 0 Å². The van der Waals surface area contributed by atoms with Crippen LogP contribution < -0.4 is 8.32 Å². The first-order chi connectivity index (χ1) is 4.00. The summed E-state index contributed by atoms with van der Waals surface area (Å²) in [6, 6.07) is 0. The third-order valence-electron chi connectivity index (χ3n) is 0. The molecule has 0 aromatic carbocycles. The monoisotopic (exact) mass is 557 g/mol. The fourth-order valence-electron chi connectivity index (χ4n) is 0. The van der Waals surface area contributed by atoms with Gasteiger partial charge in [-0.2, -0.15) is 0 Å². The van der Waals surface area contributed by atoms with Crippen LogP contribution >= 0.6 is 0 Å². The minimum atomic E-state index is -5.75. The fourth-order valence-corrected chi connectivity index (χ4v) is 0. The van der Waals surface area contributed by atoms with Crippen LogP contribution in [0.25, 0.3) is 0 Å². The molecule has 0 bridgehead atoms. The van der Waals surface area contributed by atoms with Gasteiger partial charge in [0, 0.05) is 10.4 Å². The van der Waals surface area contributed by atoms with Crippen molar-refractivity contribution in [3.8, 4) is 0 Å². The van der Waals surface area contributed by atoms with Crippen LogP contribution in [-0.2, 0) is 115 Å². The Bertz CT molecular complexity index is 229. The summed E-state index contributed by atoms with van der Waals surface area (Å²) in [4.78, 5) is 0. The van der Waals surface area contributed by atoms with Crippen LogP contribution in [0.1, 0.15) is 0 Å². The molecule has 0 N–H and O–H groups in total. The quantitative estimate of drug-likeness (QED) is 0.164. The molecule has 0 aliphatic heterocycles. The zero-order valence-corrected chi connectivity index (χ0v) is 22.4. The van der Waals surface area contributed by atoms with Gasteiger partial charge in [-0.3, -0.25) is 8.42 Å². The Morgan fingerprint density at radius 3 is 0.933 bits per heavy atom. The van der Waals surface area contributed by atoms with E-state index in [1.807, 2.05) is 0 Å². The zero-order chi connectivity index (χ0) is 9.00. The molecule has 0 heterocycles. The summed E-state index contributed by atoms with van der Waals surface area (Å²) in [6.07, 6.45) is 0. The Labute approximate surface area is 175 Å². The summed E-state index contributed by atoms with van der Waals surface area (Å²) in [7, 11) is -5.17. The van der Waals surface area contributed by atoms with E-state index in [4.69, 9.17) is 33.4 Å². The Hall–Kier alpha value is 3.87. The van der Waals surface area contributed by atoms with Gasteiger partial charge in [-0.05, 0) is 0 Å². The predicted molar refractivity (Wildman–Crippen MR) is 17.6 cm³/mol. The van der Waals surface area contributed by atoms with E-state index in [0.717, 1.165) is 0 Å². The Kier molecular flexibility index (Phi) is 57.6. The molecule has 0 fully saturated rings. The molecular weight excluding hydrogens is 559 g/mol. The van der Waals surface area contributed by atoms with Crippen molar-refractivity contribution in [3.05, 3.63) is 0 Å². The van der Waals surface area contributed by atoms with Gasteiger partial charge in [-0.15, -0.1) is 0 Å². The normalized spacial score (nSPS) is 7.73. The first kappa shape index (κ1) is 42.8. The van der Waals surface area contributed by atoms with Crippen LogP contribution in [0, 0.1) is 0 Å². The summed E-state index contributed by atoms with van der Waals surface area (Å²) >= 11 is -5.75. The molecule has 15 heavy (non-hydrogen) atoms. The second-order valence-corrected chi connectivity index (χ2v) is 2.91. The maximum Gasteiger partial charge on any atom is 2.00 e. The van der Waals surface area contributed by atoms with Crippen LogP contribution in [0.3, 0.4) is 0 Å². The predicted octanol–water partition coefficient (Wildman–Crippen LogP) is -4.35. The van der Waals surface area contributed by atoms with Gasteiger partial charge in [0.15, 0.2) is 0 Å². The van der Waals surface area contributed by atoms with Crippen molar-refractivity contribution in [2.24, 2.45) is 0 Å². The molecule has 0 spiro atoms. The average molecular weight is 559 g/mol. The van der Waals surface area contributed by atoms with Crippen molar-refractivity contribution in [3.63, 3.8) is 0 Å². The molecule has 0 saturated carbocycles. The topological polar surface area (TPSA) is 161 Å². The molecule has 0 saturated heterocycles. The maximum atomic E-state index is 8.59. The number of hydrogen-bond acceptors (Lipinski definition) is 8. The molecule has 73 valence electrons. The van der Waals surface area contributed by atoms with Crippen molar-refractivity contribution in [1.29, 1.82) is 0 Å². The Morgan fingerprint density at radius 1 is 0.933 bits per heavy atom. The van der Waals surface area contributed by atoms with Crippen LogP contribution in [0.5, 0.6) is 0 Å². The van der Waals surface area contributed by atoms with Gasteiger partial charge < -0.3 is 9.11 Å². The molecule has 1 radical (unpaired) electrons. The number of hydrogen-bond donors (Lipinski definition) is 0. The van der Waals surface area contributed by atoms with Crippen molar-refractivity contribution >= 4 is 48.1 Å². The Balaban J connectivity index is -0.0000000128. The van der Waals surface area contributed by atoms with E-state index >= 15 is 0 Å². The first-order valence-electron chi connectivity index (χ1n) is 1.33. The second-order valence-electron chi connectivity index (χ2n) is 0.816. The van der Waals surface area contributed by atoms with Crippen molar-refractivity contribution in [2.75, 3.05) is 0 Å².